The molecule has 0 heterocycles. The Morgan fingerprint density at radius 3 is 2.71 bits per heavy atom. The van der Waals surface area contributed by atoms with Gasteiger partial charge in [0.2, 0.25) is 0 Å². The van der Waals surface area contributed by atoms with Crippen LogP contribution in [0.2, 0.25) is 5.02 Å². The smallest absolute Gasteiger partial charge is 0.340 e. The molecule has 0 saturated heterocycles. The summed E-state index contributed by atoms with van der Waals surface area (Å²) in [5.41, 5.74) is -0.0235. The number of benzene rings is 2. The summed E-state index contributed by atoms with van der Waals surface area (Å²) in [6.07, 6.45) is 2.69. The minimum Gasteiger partial charge on any atom is -0.462 e. The average Bonchev–Trinajstić information content (AvgIpc) is 2.75. The zero-order chi connectivity index (χ0) is 22.8. The number of carbonyl (C=O) groups excluding carboxylic acids is 2. The van der Waals surface area contributed by atoms with Gasteiger partial charge in [0, 0.05) is 18.0 Å². The van der Waals surface area contributed by atoms with E-state index in [-0.39, 0.29) is 39.8 Å². The van der Waals surface area contributed by atoms with Gasteiger partial charge in [-0.3, -0.25) is 14.9 Å². The molecule has 0 spiro atoms. The largest absolute Gasteiger partial charge is 0.462 e. The number of para-hydroxylation sites is 1. The quantitative estimate of drug-likeness (QED) is 0.144. The van der Waals surface area contributed by atoms with Crippen molar-refractivity contribution in [3.63, 3.8) is 0 Å². The predicted molar refractivity (Wildman–Crippen MR) is 116 cm³/mol. The Balaban J connectivity index is 2.15. The third kappa shape index (κ3) is 6.55. The van der Waals surface area contributed by atoms with E-state index in [1.54, 1.807) is 18.2 Å². The van der Waals surface area contributed by atoms with Crippen LogP contribution in [-0.4, -0.2) is 23.4 Å². The van der Waals surface area contributed by atoms with Crippen LogP contribution in [0.3, 0.4) is 0 Å². The highest BCUT2D eigenvalue weighted by Crippen LogP contribution is 2.27. The molecule has 2 aromatic rings. The molecule has 0 atom stereocenters. The molecule has 31 heavy (non-hydrogen) atoms. The summed E-state index contributed by atoms with van der Waals surface area (Å²) in [4.78, 5) is 35.1. The second-order valence-corrected chi connectivity index (χ2v) is 6.63. The molecule has 0 saturated carbocycles. The van der Waals surface area contributed by atoms with Crippen molar-refractivity contribution < 1.29 is 19.2 Å². The highest BCUT2D eigenvalue weighted by Gasteiger charge is 2.17. The minimum atomic E-state index is -0.771. The number of anilines is 2. The summed E-state index contributed by atoms with van der Waals surface area (Å²) in [6.45, 7) is 2.23. The lowest BCUT2D eigenvalue weighted by Crippen LogP contribution is -2.18. The average molecular weight is 443 g/mol. The number of nitriles is 1. The molecule has 0 unspecified atom stereocenters. The third-order valence-corrected chi connectivity index (χ3v) is 4.34. The highest BCUT2D eigenvalue weighted by molar-refractivity contribution is 6.32. The van der Waals surface area contributed by atoms with E-state index < -0.39 is 16.8 Å². The Kier molecular flexibility index (Phi) is 8.54. The maximum Gasteiger partial charge on any atom is 0.340 e. The van der Waals surface area contributed by atoms with Crippen molar-refractivity contribution in [2.24, 2.45) is 0 Å². The van der Waals surface area contributed by atoms with E-state index in [9.17, 15) is 25.0 Å². The number of nitro benzene ring substituents is 1. The Morgan fingerprint density at radius 1 is 1.29 bits per heavy atom. The van der Waals surface area contributed by atoms with Crippen LogP contribution in [0, 0.1) is 21.4 Å². The molecule has 2 rings (SSSR count). The van der Waals surface area contributed by atoms with Gasteiger partial charge in [-0.25, -0.2) is 4.79 Å². The summed E-state index contributed by atoms with van der Waals surface area (Å²) < 4.78 is 5.17. The summed E-state index contributed by atoms with van der Waals surface area (Å²) in [7, 11) is 0. The topological polar surface area (TPSA) is 134 Å². The number of unbranched alkanes of at least 4 members (excludes halogenated alkanes) is 1. The molecule has 9 nitrogen and oxygen atoms in total. The van der Waals surface area contributed by atoms with Gasteiger partial charge in [0.1, 0.15) is 16.7 Å². The fourth-order valence-electron chi connectivity index (χ4n) is 2.39. The molecule has 0 bridgehead atoms. The summed E-state index contributed by atoms with van der Waals surface area (Å²) in [6, 6.07) is 12.0. The first-order chi connectivity index (χ1) is 14.9. The van der Waals surface area contributed by atoms with Crippen LogP contribution in [0.1, 0.15) is 30.1 Å². The summed E-state index contributed by atoms with van der Waals surface area (Å²) in [5.74, 6) is -1.36. The fourth-order valence-corrected chi connectivity index (χ4v) is 2.58. The lowest BCUT2D eigenvalue weighted by atomic mass is 10.1. The predicted octanol–water partition coefficient (Wildman–Crippen LogP) is 4.66. The van der Waals surface area contributed by atoms with Crippen molar-refractivity contribution in [3.05, 3.63) is 74.9 Å². The number of rotatable bonds is 9. The molecule has 0 aliphatic carbocycles. The van der Waals surface area contributed by atoms with Crippen LogP contribution in [0.15, 0.2) is 54.2 Å². The van der Waals surface area contributed by atoms with Crippen molar-refractivity contribution in [1.29, 1.82) is 5.26 Å². The Morgan fingerprint density at radius 2 is 2.03 bits per heavy atom. The number of hydrogen-bond acceptors (Lipinski definition) is 7. The molecule has 2 N–H and O–H groups in total. The van der Waals surface area contributed by atoms with E-state index in [0.717, 1.165) is 19.0 Å². The normalized spacial score (nSPS) is 10.7. The van der Waals surface area contributed by atoms with Crippen molar-refractivity contribution in [3.8, 4) is 6.07 Å². The molecule has 1 amide bonds. The highest BCUT2D eigenvalue weighted by atomic mass is 35.5. The molecule has 0 aliphatic rings. The van der Waals surface area contributed by atoms with Gasteiger partial charge in [-0.1, -0.05) is 37.1 Å². The number of esters is 1. The number of nitro groups is 1. The van der Waals surface area contributed by atoms with Crippen molar-refractivity contribution in [2.45, 2.75) is 19.8 Å². The minimum absolute atomic E-state index is 0.0415. The third-order valence-electron chi connectivity index (χ3n) is 4.02. The molecule has 0 aliphatic heterocycles. The lowest BCUT2D eigenvalue weighted by molar-refractivity contribution is -0.384. The molecule has 0 aromatic heterocycles. The number of nitrogens with zero attached hydrogens (tertiary/aromatic N) is 2. The number of nitrogens with one attached hydrogen (secondary N) is 2. The SMILES string of the molecule is CCCCOC(=O)c1ccccc1NC(=O)/C(C#N)=C\Nc1ccc(Cl)c([N+](=O)[O-])c1. The van der Waals surface area contributed by atoms with Gasteiger partial charge < -0.3 is 15.4 Å². The zero-order valence-electron chi connectivity index (χ0n) is 16.6. The van der Waals surface area contributed by atoms with E-state index in [1.165, 1.54) is 30.3 Å². The first-order valence-electron chi connectivity index (χ1n) is 9.25. The van der Waals surface area contributed by atoms with Crippen LogP contribution < -0.4 is 10.6 Å². The second kappa shape index (κ2) is 11.3. The van der Waals surface area contributed by atoms with E-state index in [4.69, 9.17) is 16.3 Å². The zero-order valence-corrected chi connectivity index (χ0v) is 17.3. The molecular formula is C21H19ClN4O5. The van der Waals surface area contributed by atoms with Crippen molar-refractivity contribution >= 4 is 40.5 Å². The molecule has 0 radical (unpaired) electrons. The molecule has 10 heteroatoms. The summed E-state index contributed by atoms with van der Waals surface area (Å²) in [5, 5.41) is 25.4. The lowest BCUT2D eigenvalue weighted by Gasteiger charge is -2.10. The van der Waals surface area contributed by atoms with Gasteiger partial charge in [0.15, 0.2) is 0 Å². The molecular weight excluding hydrogens is 424 g/mol. The van der Waals surface area contributed by atoms with E-state index in [0.29, 0.717) is 0 Å². The van der Waals surface area contributed by atoms with Crippen LogP contribution in [0.25, 0.3) is 0 Å². The van der Waals surface area contributed by atoms with E-state index in [2.05, 4.69) is 10.6 Å². The number of ether oxygens (including phenoxy) is 1. The standard InChI is InChI=1S/C21H19ClN4O5/c1-2-3-10-31-21(28)16-6-4-5-7-18(16)25-20(27)14(12-23)13-24-15-8-9-17(22)19(11-15)26(29)30/h4-9,11,13,24H,2-3,10H2,1H3,(H,25,27)/b14-13-. The van der Waals surface area contributed by atoms with Gasteiger partial charge >= 0.3 is 5.97 Å². The van der Waals surface area contributed by atoms with Gasteiger partial charge in [0.05, 0.1) is 22.8 Å². The van der Waals surface area contributed by atoms with Gasteiger partial charge in [0.25, 0.3) is 11.6 Å². The Hall–Kier alpha value is -3.90. The van der Waals surface area contributed by atoms with Gasteiger partial charge in [-0.15, -0.1) is 0 Å². The maximum atomic E-state index is 12.5. The van der Waals surface area contributed by atoms with E-state index >= 15 is 0 Å². The van der Waals surface area contributed by atoms with E-state index in [1.807, 2.05) is 6.92 Å². The van der Waals surface area contributed by atoms with Crippen LogP contribution in [-0.2, 0) is 9.53 Å². The Bertz CT molecular complexity index is 1060. The number of carbonyl (C=O) groups is 2. The molecule has 2 aromatic carbocycles. The van der Waals surface area contributed by atoms with Crippen LogP contribution in [0.4, 0.5) is 17.1 Å². The first kappa shape index (κ1) is 23.4. The number of halogens is 1. The maximum absolute atomic E-state index is 12.5. The number of amides is 1. The van der Waals surface area contributed by atoms with Crippen LogP contribution in [0.5, 0.6) is 0 Å². The molecule has 160 valence electrons. The van der Waals surface area contributed by atoms with Crippen molar-refractivity contribution in [2.75, 3.05) is 17.2 Å². The number of hydrogen-bond donors (Lipinski definition) is 2. The van der Waals surface area contributed by atoms with Gasteiger partial charge in [-0.2, -0.15) is 5.26 Å². The van der Waals surface area contributed by atoms with Crippen LogP contribution >= 0.6 is 11.6 Å². The van der Waals surface area contributed by atoms with Gasteiger partial charge in [-0.05, 0) is 30.7 Å². The monoisotopic (exact) mass is 442 g/mol. The molecule has 0 fully saturated rings. The summed E-state index contributed by atoms with van der Waals surface area (Å²) >= 11 is 5.76. The first-order valence-corrected chi connectivity index (χ1v) is 9.63. The Labute approximate surface area is 183 Å². The van der Waals surface area contributed by atoms with Crippen molar-refractivity contribution in [1.82, 2.24) is 0 Å². The second-order valence-electron chi connectivity index (χ2n) is 6.23. The fraction of sp³-hybridized carbons (Fsp3) is 0.190.